The Kier molecular flexibility index (Phi) is 3.14. The largest absolute Gasteiger partial charge is 0.456 e. The van der Waals surface area contributed by atoms with Crippen molar-refractivity contribution in [2.45, 2.75) is 0 Å². The Morgan fingerprint density at radius 2 is 1.33 bits per heavy atom. The fourth-order valence-corrected chi connectivity index (χ4v) is 5.50. The Labute approximate surface area is 188 Å². The summed E-state index contributed by atoms with van der Waals surface area (Å²) in [6.07, 6.45) is 0. The summed E-state index contributed by atoms with van der Waals surface area (Å²) in [6, 6.07) is 36.4. The zero-order valence-corrected chi connectivity index (χ0v) is 17.7. The maximum Gasteiger partial charge on any atom is 0.137 e. The van der Waals surface area contributed by atoms with Crippen molar-refractivity contribution >= 4 is 65.6 Å². The van der Waals surface area contributed by atoms with Crippen LogP contribution in [0, 0.1) is 0 Å². The van der Waals surface area contributed by atoms with Crippen molar-refractivity contribution in [1.29, 1.82) is 0 Å². The number of fused-ring (bicyclic) bond motifs is 10. The zero-order chi connectivity index (χ0) is 21.5. The lowest BCUT2D eigenvalue weighted by Crippen LogP contribution is -1.92. The third kappa shape index (κ3) is 2.18. The second-order valence-electron chi connectivity index (χ2n) is 8.69. The number of furan rings is 1. The van der Waals surface area contributed by atoms with E-state index in [0.717, 1.165) is 33.0 Å². The van der Waals surface area contributed by atoms with Crippen LogP contribution in [0.3, 0.4) is 0 Å². The van der Waals surface area contributed by atoms with Gasteiger partial charge in [-0.05, 0) is 48.5 Å². The normalized spacial score (nSPS) is 12.2. The molecule has 0 aliphatic rings. The molecule has 5 aromatic carbocycles. The highest BCUT2D eigenvalue weighted by Gasteiger charge is 2.17. The average molecular weight is 422 g/mol. The van der Waals surface area contributed by atoms with E-state index in [4.69, 9.17) is 4.42 Å². The van der Waals surface area contributed by atoms with Gasteiger partial charge in [0.2, 0.25) is 0 Å². The van der Waals surface area contributed by atoms with Crippen molar-refractivity contribution in [2.75, 3.05) is 0 Å². The number of hydrogen-bond donors (Lipinski definition) is 1. The molecule has 1 N–H and O–H groups in total. The number of nitrogens with one attached hydrogen (secondary N) is 1. The van der Waals surface area contributed by atoms with Gasteiger partial charge in [0.15, 0.2) is 0 Å². The Bertz CT molecular complexity index is 2020. The average Bonchev–Trinajstić information content (AvgIpc) is 3.52. The number of para-hydroxylation sites is 3. The summed E-state index contributed by atoms with van der Waals surface area (Å²) in [6.45, 7) is 0. The van der Waals surface area contributed by atoms with Gasteiger partial charge in [0.1, 0.15) is 11.2 Å². The number of rotatable bonds is 1. The summed E-state index contributed by atoms with van der Waals surface area (Å²) in [5.41, 5.74) is 7.73. The smallest absolute Gasteiger partial charge is 0.137 e. The van der Waals surface area contributed by atoms with Crippen LogP contribution < -0.4 is 0 Å². The minimum atomic E-state index is 0.916. The molecule has 8 aromatic rings. The number of H-pyrrole nitrogens is 1. The van der Waals surface area contributed by atoms with E-state index in [1.165, 1.54) is 38.3 Å². The standard InChI is InChI=1S/C30H18N2O/c1-2-8-18(9-3-1)32-25-12-6-4-10-19(25)23-16-24-22(17-26(23)32)20-14-15-28-29(30(20)31-24)21-11-5-7-13-27(21)33-28/h1-17,31H. The number of aromatic amines is 1. The maximum absolute atomic E-state index is 6.13. The monoisotopic (exact) mass is 422 g/mol. The molecule has 0 spiro atoms. The molecule has 0 aliphatic heterocycles. The predicted octanol–water partition coefficient (Wildman–Crippen LogP) is 8.32. The number of hydrogen-bond acceptors (Lipinski definition) is 1. The van der Waals surface area contributed by atoms with E-state index in [9.17, 15) is 0 Å². The molecule has 0 fully saturated rings. The first kappa shape index (κ1) is 17.1. The van der Waals surface area contributed by atoms with Crippen molar-refractivity contribution in [3.05, 3.63) is 103 Å². The predicted molar refractivity (Wildman–Crippen MR) is 137 cm³/mol. The molecule has 0 atom stereocenters. The molecule has 0 saturated carbocycles. The van der Waals surface area contributed by atoms with Gasteiger partial charge in [-0.2, -0.15) is 0 Å². The van der Waals surface area contributed by atoms with Crippen molar-refractivity contribution in [2.24, 2.45) is 0 Å². The lowest BCUT2D eigenvalue weighted by atomic mass is 10.1. The molecule has 3 aromatic heterocycles. The molecular weight excluding hydrogens is 404 g/mol. The van der Waals surface area contributed by atoms with E-state index < -0.39 is 0 Å². The van der Waals surface area contributed by atoms with E-state index >= 15 is 0 Å². The summed E-state index contributed by atoms with van der Waals surface area (Å²) in [5.74, 6) is 0. The van der Waals surface area contributed by atoms with Gasteiger partial charge < -0.3 is 14.0 Å². The Balaban J connectivity index is 1.57. The highest BCUT2D eigenvalue weighted by Crippen LogP contribution is 2.40. The SMILES string of the molecule is c1ccc(-n2c3ccccc3c3cc4[nH]c5c(ccc6oc7ccccc7c65)c4cc32)cc1. The highest BCUT2D eigenvalue weighted by atomic mass is 16.3. The van der Waals surface area contributed by atoms with Crippen LogP contribution in [0.4, 0.5) is 0 Å². The molecule has 0 radical (unpaired) electrons. The topological polar surface area (TPSA) is 33.9 Å². The molecular formula is C30H18N2O. The first-order chi connectivity index (χ1) is 16.4. The molecule has 8 rings (SSSR count). The van der Waals surface area contributed by atoms with Crippen LogP contribution in [-0.2, 0) is 0 Å². The maximum atomic E-state index is 6.13. The summed E-state index contributed by atoms with van der Waals surface area (Å²) in [4.78, 5) is 3.74. The van der Waals surface area contributed by atoms with Gasteiger partial charge in [0.05, 0.1) is 21.9 Å². The second kappa shape index (κ2) is 6.05. The molecule has 3 nitrogen and oxygen atoms in total. The van der Waals surface area contributed by atoms with Crippen molar-refractivity contribution in [3.63, 3.8) is 0 Å². The van der Waals surface area contributed by atoms with Crippen LogP contribution in [0.5, 0.6) is 0 Å². The summed E-state index contributed by atoms with van der Waals surface area (Å²) < 4.78 is 8.50. The third-order valence-corrected chi connectivity index (χ3v) is 6.92. The van der Waals surface area contributed by atoms with Crippen molar-refractivity contribution < 1.29 is 4.42 Å². The fraction of sp³-hybridized carbons (Fsp3) is 0. The van der Waals surface area contributed by atoms with Crippen molar-refractivity contribution in [1.82, 2.24) is 9.55 Å². The van der Waals surface area contributed by atoms with Crippen LogP contribution in [0.15, 0.2) is 108 Å². The first-order valence-electron chi connectivity index (χ1n) is 11.2. The van der Waals surface area contributed by atoms with Crippen molar-refractivity contribution in [3.8, 4) is 5.69 Å². The zero-order valence-electron chi connectivity index (χ0n) is 17.7. The number of aromatic nitrogens is 2. The van der Waals surface area contributed by atoms with Crippen LogP contribution in [0.1, 0.15) is 0 Å². The van der Waals surface area contributed by atoms with Crippen LogP contribution in [0.2, 0.25) is 0 Å². The van der Waals surface area contributed by atoms with Crippen LogP contribution >= 0.6 is 0 Å². The lowest BCUT2D eigenvalue weighted by molar-refractivity contribution is 0.669. The van der Waals surface area contributed by atoms with E-state index in [2.05, 4.69) is 101 Å². The highest BCUT2D eigenvalue weighted by molar-refractivity contribution is 6.25. The molecule has 33 heavy (non-hydrogen) atoms. The molecule has 3 heteroatoms. The minimum Gasteiger partial charge on any atom is -0.456 e. The van der Waals surface area contributed by atoms with Gasteiger partial charge in [-0.15, -0.1) is 0 Å². The number of benzene rings is 5. The van der Waals surface area contributed by atoms with E-state index in [-0.39, 0.29) is 0 Å². The second-order valence-corrected chi connectivity index (χ2v) is 8.69. The van der Waals surface area contributed by atoms with Gasteiger partial charge in [0, 0.05) is 38.1 Å². The van der Waals surface area contributed by atoms with E-state index in [1.54, 1.807) is 0 Å². The van der Waals surface area contributed by atoms with Crippen LogP contribution in [-0.4, -0.2) is 9.55 Å². The molecule has 3 heterocycles. The third-order valence-electron chi connectivity index (χ3n) is 6.92. The van der Waals surface area contributed by atoms with E-state index in [1.807, 2.05) is 12.1 Å². The Hall–Kier alpha value is -4.50. The van der Waals surface area contributed by atoms with Gasteiger partial charge in [0.25, 0.3) is 0 Å². The lowest BCUT2D eigenvalue weighted by Gasteiger charge is -2.07. The van der Waals surface area contributed by atoms with Gasteiger partial charge in [-0.1, -0.05) is 54.6 Å². The summed E-state index contributed by atoms with van der Waals surface area (Å²) in [7, 11) is 0. The molecule has 0 bridgehead atoms. The van der Waals surface area contributed by atoms with Gasteiger partial charge in [-0.25, -0.2) is 0 Å². The molecule has 0 aliphatic carbocycles. The van der Waals surface area contributed by atoms with Crippen LogP contribution in [0.25, 0.3) is 71.2 Å². The first-order valence-corrected chi connectivity index (χ1v) is 11.2. The molecule has 154 valence electrons. The quantitative estimate of drug-likeness (QED) is 0.283. The van der Waals surface area contributed by atoms with E-state index in [0.29, 0.717) is 0 Å². The molecule has 0 saturated heterocycles. The van der Waals surface area contributed by atoms with Gasteiger partial charge >= 0.3 is 0 Å². The Morgan fingerprint density at radius 1 is 0.545 bits per heavy atom. The summed E-state index contributed by atoms with van der Waals surface area (Å²) >= 11 is 0. The Morgan fingerprint density at radius 3 is 2.24 bits per heavy atom. The minimum absolute atomic E-state index is 0.916. The molecule has 0 amide bonds. The molecule has 0 unspecified atom stereocenters. The fourth-order valence-electron chi connectivity index (χ4n) is 5.50. The number of nitrogens with zero attached hydrogens (tertiary/aromatic N) is 1. The van der Waals surface area contributed by atoms with Gasteiger partial charge in [-0.3, -0.25) is 0 Å². The summed E-state index contributed by atoms with van der Waals surface area (Å²) in [5, 5.41) is 7.26.